The maximum atomic E-state index is 12.0. The van der Waals surface area contributed by atoms with Crippen LogP contribution < -0.4 is 11.1 Å². The first-order chi connectivity index (χ1) is 9.10. The van der Waals surface area contributed by atoms with Crippen LogP contribution in [0.5, 0.6) is 0 Å². The molecule has 1 aliphatic rings. The Bertz CT molecular complexity index is 307. The van der Waals surface area contributed by atoms with Crippen LogP contribution in [0.2, 0.25) is 0 Å². The molecular weight excluding hydrogens is 242 g/mol. The van der Waals surface area contributed by atoms with Crippen LogP contribution in [0.15, 0.2) is 0 Å². The van der Waals surface area contributed by atoms with Gasteiger partial charge in [-0.15, -0.1) is 0 Å². The van der Waals surface area contributed by atoms with E-state index < -0.39 is 0 Å². The van der Waals surface area contributed by atoms with Gasteiger partial charge in [-0.1, -0.05) is 13.3 Å². The third-order valence-corrected chi connectivity index (χ3v) is 3.76. The summed E-state index contributed by atoms with van der Waals surface area (Å²) in [5, 5.41) is 2.96. The number of hydrogen-bond donors (Lipinski definition) is 2. The zero-order valence-corrected chi connectivity index (χ0v) is 12.2. The van der Waals surface area contributed by atoms with Gasteiger partial charge in [0, 0.05) is 32.1 Å². The van der Waals surface area contributed by atoms with Crippen LogP contribution in [-0.2, 0) is 9.59 Å². The molecule has 0 bridgehead atoms. The van der Waals surface area contributed by atoms with Crippen LogP contribution in [0, 0.1) is 5.92 Å². The standard InChI is InChI=1S/C14H27N3O2/c1-3-4-9-16-14(19)12-6-5-11(2)17(10-12)13(18)7-8-15/h11-12H,3-10,15H2,1-2H3,(H,16,19). The molecule has 0 spiro atoms. The van der Waals surface area contributed by atoms with Crippen molar-refractivity contribution in [3.8, 4) is 0 Å². The second-order valence-corrected chi connectivity index (χ2v) is 5.35. The molecule has 1 heterocycles. The number of unbranched alkanes of at least 4 members (excludes halogenated alkanes) is 1. The van der Waals surface area contributed by atoms with E-state index in [0.717, 1.165) is 32.2 Å². The molecule has 1 saturated heterocycles. The molecule has 0 aromatic rings. The number of nitrogens with zero attached hydrogens (tertiary/aromatic N) is 1. The number of piperidine rings is 1. The van der Waals surface area contributed by atoms with E-state index in [4.69, 9.17) is 5.73 Å². The van der Waals surface area contributed by atoms with Crippen molar-refractivity contribution in [2.75, 3.05) is 19.6 Å². The minimum atomic E-state index is -0.0604. The molecule has 1 fully saturated rings. The van der Waals surface area contributed by atoms with E-state index in [-0.39, 0.29) is 23.8 Å². The van der Waals surface area contributed by atoms with Gasteiger partial charge in [-0.3, -0.25) is 9.59 Å². The van der Waals surface area contributed by atoms with Crippen molar-refractivity contribution >= 4 is 11.8 Å². The monoisotopic (exact) mass is 269 g/mol. The Morgan fingerprint density at radius 1 is 1.37 bits per heavy atom. The van der Waals surface area contributed by atoms with E-state index >= 15 is 0 Å². The second-order valence-electron chi connectivity index (χ2n) is 5.35. The first-order valence-corrected chi connectivity index (χ1v) is 7.37. The van der Waals surface area contributed by atoms with Crippen molar-refractivity contribution < 1.29 is 9.59 Å². The van der Waals surface area contributed by atoms with Gasteiger partial charge in [0.2, 0.25) is 11.8 Å². The van der Waals surface area contributed by atoms with E-state index in [9.17, 15) is 9.59 Å². The third kappa shape index (κ3) is 4.82. The molecule has 3 N–H and O–H groups in total. The molecule has 0 aromatic heterocycles. The summed E-state index contributed by atoms with van der Waals surface area (Å²) < 4.78 is 0. The van der Waals surface area contributed by atoms with Crippen LogP contribution in [0.1, 0.15) is 46.0 Å². The van der Waals surface area contributed by atoms with Crippen LogP contribution in [-0.4, -0.2) is 42.4 Å². The van der Waals surface area contributed by atoms with E-state index in [2.05, 4.69) is 12.2 Å². The fourth-order valence-corrected chi connectivity index (χ4v) is 2.47. The first-order valence-electron chi connectivity index (χ1n) is 7.37. The van der Waals surface area contributed by atoms with Gasteiger partial charge in [-0.2, -0.15) is 0 Å². The zero-order valence-electron chi connectivity index (χ0n) is 12.2. The summed E-state index contributed by atoms with van der Waals surface area (Å²) in [7, 11) is 0. The number of carbonyl (C=O) groups excluding carboxylic acids is 2. The average molecular weight is 269 g/mol. The van der Waals surface area contributed by atoms with Crippen LogP contribution in [0.3, 0.4) is 0 Å². The Morgan fingerprint density at radius 3 is 2.74 bits per heavy atom. The molecule has 0 radical (unpaired) electrons. The van der Waals surface area contributed by atoms with E-state index in [1.165, 1.54) is 0 Å². The number of nitrogens with one attached hydrogen (secondary N) is 1. The van der Waals surface area contributed by atoms with Crippen molar-refractivity contribution in [3.05, 3.63) is 0 Å². The van der Waals surface area contributed by atoms with Crippen molar-refractivity contribution in [1.29, 1.82) is 0 Å². The highest BCUT2D eigenvalue weighted by molar-refractivity contribution is 5.81. The smallest absolute Gasteiger partial charge is 0.224 e. The fraction of sp³-hybridized carbons (Fsp3) is 0.857. The zero-order chi connectivity index (χ0) is 14.3. The Labute approximate surface area is 115 Å². The summed E-state index contributed by atoms with van der Waals surface area (Å²) in [5.74, 6) is 0.0988. The molecule has 2 amide bonds. The Kier molecular flexibility index (Phi) is 6.84. The minimum absolute atomic E-state index is 0.0604. The predicted octanol–water partition coefficient (Wildman–Crippen LogP) is 0.879. The van der Waals surface area contributed by atoms with Crippen molar-refractivity contribution in [2.24, 2.45) is 11.7 Å². The molecule has 5 heteroatoms. The Hall–Kier alpha value is -1.10. The lowest BCUT2D eigenvalue weighted by atomic mass is 9.92. The van der Waals surface area contributed by atoms with Crippen molar-refractivity contribution in [3.63, 3.8) is 0 Å². The lowest BCUT2D eigenvalue weighted by Gasteiger charge is -2.37. The molecule has 5 nitrogen and oxygen atoms in total. The highest BCUT2D eigenvalue weighted by Crippen LogP contribution is 2.22. The van der Waals surface area contributed by atoms with Crippen LogP contribution in [0.25, 0.3) is 0 Å². The van der Waals surface area contributed by atoms with Crippen molar-refractivity contribution in [1.82, 2.24) is 10.2 Å². The molecule has 1 aliphatic heterocycles. The number of likely N-dealkylation sites (tertiary alicyclic amines) is 1. The second kappa shape index (κ2) is 8.15. The number of hydrogen-bond acceptors (Lipinski definition) is 3. The lowest BCUT2D eigenvalue weighted by molar-refractivity contribution is -0.138. The van der Waals surface area contributed by atoms with Gasteiger partial charge >= 0.3 is 0 Å². The summed E-state index contributed by atoms with van der Waals surface area (Å²) >= 11 is 0. The quantitative estimate of drug-likeness (QED) is 0.703. The number of nitrogens with two attached hydrogens (primary N) is 1. The molecule has 0 aliphatic carbocycles. The highest BCUT2D eigenvalue weighted by atomic mass is 16.2. The third-order valence-electron chi connectivity index (χ3n) is 3.76. The van der Waals surface area contributed by atoms with Crippen LogP contribution in [0.4, 0.5) is 0 Å². The molecule has 110 valence electrons. The lowest BCUT2D eigenvalue weighted by Crippen LogP contribution is -2.49. The molecular formula is C14H27N3O2. The average Bonchev–Trinajstić information content (AvgIpc) is 2.39. The van der Waals surface area contributed by atoms with Gasteiger partial charge in [0.25, 0.3) is 0 Å². The Balaban J connectivity index is 2.49. The van der Waals surface area contributed by atoms with Gasteiger partial charge in [0.15, 0.2) is 0 Å². The minimum Gasteiger partial charge on any atom is -0.356 e. The maximum Gasteiger partial charge on any atom is 0.224 e. The fourth-order valence-electron chi connectivity index (χ4n) is 2.47. The van der Waals surface area contributed by atoms with Crippen LogP contribution >= 0.6 is 0 Å². The summed E-state index contributed by atoms with van der Waals surface area (Å²) in [6.07, 6.45) is 4.20. The summed E-state index contributed by atoms with van der Waals surface area (Å²) in [6, 6.07) is 0.221. The molecule has 0 saturated carbocycles. The molecule has 1 rings (SSSR count). The van der Waals surface area contributed by atoms with E-state index in [1.54, 1.807) is 0 Å². The maximum absolute atomic E-state index is 12.0. The molecule has 19 heavy (non-hydrogen) atoms. The summed E-state index contributed by atoms with van der Waals surface area (Å²) in [4.78, 5) is 25.8. The summed E-state index contributed by atoms with van der Waals surface area (Å²) in [6.45, 7) is 5.78. The number of rotatable bonds is 6. The van der Waals surface area contributed by atoms with Gasteiger partial charge in [0.05, 0.1) is 5.92 Å². The topological polar surface area (TPSA) is 75.4 Å². The van der Waals surface area contributed by atoms with Crippen molar-refractivity contribution in [2.45, 2.75) is 52.0 Å². The Morgan fingerprint density at radius 2 is 2.11 bits per heavy atom. The molecule has 2 atom stereocenters. The molecule has 2 unspecified atom stereocenters. The first kappa shape index (κ1) is 16.0. The van der Waals surface area contributed by atoms with Gasteiger partial charge in [-0.25, -0.2) is 0 Å². The van der Waals surface area contributed by atoms with Gasteiger partial charge < -0.3 is 16.0 Å². The SMILES string of the molecule is CCCCNC(=O)C1CCC(C)N(C(=O)CCN)C1. The van der Waals surface area contributed by atoms with Gasteiger partial charge in [-0.05, 0) is 26.2 Å². The van der Waals surface area contributed by atoms with Gasteiger partial charge in [0.1, 0.15) is 0 Å². The van der Waals surface area contributed by atoms with E-state index in [0.29, 0.717) is 19.5 Å². The number of amides is 2. The number of carbonyl (C=O) groups is 2. The predicted molar refractivity (Wildman–Crippen MR) is 75.5 cm³/mol. The van der Waals surface area contributed by atoms with E-state index in [1.807, 2.05) is 11.8 Å². The molecule has 0 aromatic carbocycles. The summed E-state index contributed by atoms with van der Waals surface area (Å²) in [5.41, 5.74) is 5.43. The normalized spacial score (nSPS) is 23.2. The largest absolute Gasteiger partial charge is 0.356 e. The highest BCUT2D eigenvalue weighted by Gasteiger charge is 2.31.